The standard InChI is InChI=1S/C6H8N/c1-3-6(4-2)5-7/h1,6H,2-4H2. The second kappa shape index (κ2) is 3.67. The van der Waals surface area contributed by atoms with Crippen molar-refractivity contribution < 1.29 is 0 Å². The van der Waals surface area contributed by atoms with Crippen LogP contribution >= 0.6 is 0 Å². The van der Waals surface area contributed by atoms with Crippen LogP contribution < -0.4 is 0 Å². The fourth-order valence-corrected chi connectivity index (χ4v) is 0.235. The van der Waals surface area contributed by atoms with Gasteiger partial charge in [0.15, 0.2) is 0 Å². The van der Waals surface area contributed by atoms with Crippen LogP contribution in [0.1, 0.15) is 12.8 Å². The molecule has 1 unspecified atom stereocenters. The van der Waals surface area contributed by atoms with Gasteiger partial charge < -0.3 is 0 Å². The van der Waals surface area contributed by atoms with E-state index >= 15 is 0 Å². The first-order chi connectivity index (χ1) is 3.35. The SMILES string of the molecule is [CH]CC(C#N)C[CH2]. The van der Waals surface area contributed by atoms with Gasteiger partial charge in [-0.2, -0.15) is 5.26 Å². The average Bonchev–Trinajstić information content (AvgIpc) is 1.72. The second-order valence-electron chi connectivity index (χ2n) is 1.35. The van der Waals surface area contributed by atoms with E-state index in [-0.39, 0.29) is 5.92 Å². The zero-order valence-electron chi connectivity index (χ0n) is 4.22. The molecule has 1 heteroatoms. The summed E-state index contributed by atoms with van der Waals surface area (Å²) in [4.78, 5) is 0. The summed E-state index contributed by atoms with van der Waals surface area (Å²) in [6, 6.07) is 2.01. The molecule has 0 aromatic carbocycles. The van der Waals surface area contributed by atoms with E-state index in [4.69, 9.17) is 12.2 Å². The zero-order valence-corrected chi connectivity index (χ0v) is 4.22. The summed E-state index contributed by atoms with van der Waals surface area (Å²) in [7, 11) is 0. The molecule has 1 nitrogen and oxygen atoms in total. The van der Waals surface area contributed by atoms with E-state index in [1.54, 1.807) is 0 Å². The molecule has 0 fully saturated rings. The van der Waals surface area contributed by atoms with Crippen molar-refractivity contribution >= 4 is 0 Å². The van der Waals surface area contributed by atoms with Crippen molar-refractivity contribution in [3.8, 4) is 6.07 Å². The van der Waals surface area contributed by atoms with Crippen molar-refractivity contribution in [2.24, 2.45) is 5.92 Å². The summed E-state index contributed by atoms with van der Waals surface area (Å²) < 4.78 is 0. The van der Waals surface area contributed by atoms with Crippen LogP contribution in [0.4, 0.5) is 0 Å². The first-order valence-electron chi connectivity index (χ1n) is 2.24. The molecule has 37 valence electrons. The number of nitrogens with zero attached hydrogens (tertiary/aromatic N) is 1. The van der Waals surface area contributed by atoms with Gasteiger partial charge in [0.25, 0.3) is 0 Å². The van der Waals surface area contributed by atoms with Gasteiger partial charge in [-0.1, -0.05) is 6.92 Å². The Morgan fingerprint density at radius 2 is 2.43 bits per heavy atom. The summed E-state index contributed by atoms with van der Waals surface area (Å²) in [6.45, 7) is 8.66. The quantitative estimate of drug-likeness (QED) is 0.508. The minimum Gasteiger partial charge on any atom is -0.198 e. The Labute approximate surface area is 45.0 Å². The molecule has 0 saturated carbocycles. The van der Waals surface area contributed by atoms with E-state index in [1.165, 1.54) is 0 Å². The van der Waals surface area contributed by atoms with Gasteiger partial charge in [-0.05, 0) is 19.8 Å². The Hall–Kier alpha value is -0.510. The largest absolute Gasteiger partial charge is 0.198 e. The van der Waals surface area contributed by atoms with Gasteiger partial charge in [0.2, 0.25) is 0 Å². The molecule has 3 radical (unpaired) electrons. The summed E-state index contributed by atoms with van der Waals surface area (Å²) in [6.07, 6.45) is 1.05. The van der Waals surface area contributed by atoms with Gasteiger partial charge in [-0.3, -0.25) is 0 Å². The molecule has 0 aliphatic heterocycles. The lowest BCUT2D eigenvalue weighted by Crippen LogP contribution is -1.89. The Kier molecular flexibility index (Phi) is 3.40. The molecule has 0 heterocycles. The van der Waals surface area contributed by atoms with Crippen molar-refractivity contribution in [2.45, 2.75) is 12.8 Å². The van der Waals surface area contributed by atoms with Crippen molar-refractivity contribution in [3.05, 3.63) is 13.8 Å². The van der Waals surface area contributed by atoms with Crippen LogP contribution in [-0.2, 0) is 0 Å². The zero-order chi connectivity index (χ0) is 5.70. The van der Waals surface area contributed by atoms with E-state index in [1.807, 2.05) is 6.07 Å². The molecular formula is C6H8N. The Morgan fingerprint density at radius 1 is 1.86 bits per heavy atom. The summed E-state index contributed by atoms with van der Waals surface area (Å²) in [5.74, 6) is -0.0417. The highest BCUT2D eigenvalue weighted by atomic mass is 14.3. The summed E-state index contributed by atoms with van der Waals surface area (Å²) in [5, 5.41) is 8.16. The van der Waals surface area contributed by atoms with E-state index in [0.29, 0.717) is 12.8 Å². The maximum absolute atomic E-state index is 8.16. The van der Waals surface area contributed by atoms with E-state index in [0.717, 1.165) is 0 Å². The predicted octanol–water partition coefficient (Wildman–Crippen LogP) is 1.45. The van der Waals surface area contributed by atoms with E-state index < -0.39 is 0 Å². The lowest BCUT2D eigenvalue weighted by molar-refractivity contribution is 0.686. The lowest BCUT2D eigenvalue weighted by Gasteiger charge is -1.95. The van der Waals surface area contributed by atoms with Crippen molar-refractivity contribution in [3.63, 3.8) is 0 Å². The molecule has 0 aromatic heterocycles. The number of hydrogen-bond acceptors (Lipinski definition) is 1. The highest BCUT2D eigenvalue weighted by Gasteiger charge is 1.96. The predicted molar refractivity (Wildman–Crippen MR) is 28.0 cm³/mol. The van der Waals surface area contributed by atoms with Crippen molar-refractivity contribution in [1.29, 1.82) is 5.26 Å². The van der Waals surface area contributed by atoms with Crippen LogP contribution in [-0.4, -0.2) is 0 Å². The van der Waals surface area contributed by atoms with Gasteiger partial charge in [-0.15, -0.1) is 0 Å². The fourth-order valence-electron chi connectivity index (χ4n) is 0.235. The smallest absolute Gasteiger partial charge is 0.0655 e. The Balaban J connectivity index is 3.23. The topological polar surface area (TPSA) is 23.8 Å². The molecule has 0 bridgehead atoms. The minimum absolute atomic E-state index is 0.0417. The van der Waals surface area contributed by atoms with Crippen LogP contribution in [0.3, 0.4) is 0 Å². The first-order valence-corrected chi connectivity index (χ1v) is 2.24. The highest BCUT2D eigenvalue weighted by molar-refractivity contribution is 4.83. The molecule has 7 heavy (non-hydrogen) atoms. The maximum atomic E-state index is 8.16. The van der Waals surface area contributed by atoms with Gasteiger partial charge >= 0.3 is 0 Å². The van der Waals surface area contributed by atoms with Gasteiger partial charge in [0.1, 0.15) is 0 Å². The molecule has 1 atom stereocenters. The minimum atomic E-state index is -0.0417. The van der Waals surface area contributed by atoms with Crippen LogP contribution in [0.2, 0.25) is 0 Å². The molecule has 0 aliphatic carbocycles. The Bertz CT molecular complexity index is 66.7. The third-order valence-corrected chi connectivity index (χ3v) is 0.816. The number of nitriles is 1. The van der Waals surface area contributed by atoms with Crippen LogP contribution in [0, 0.1) is 31.1 Å². The van der Waals surface area contributed by atoms with Crippen LogP contribution in [0.15, 0.2) is 0 Å². The van der Waals surface area contributed by atoms with Crippen molar-refractivity contribution in [2.75, 3.05) is 0 Å². The summed E-state index contributed by atoms with van der Waals surface area (Å²) in [5.41, 5.74) is 0. The normalized spacial score (nSPS) is 8.86. The third-order valence-electron chi connectivity index (χ3n) is 0.816. The molecule has 0 saturated heterocycles. The van der Waals surface area contributed by atoms with E-state index in [2.05, 4.69) is 6.92 Å². The van der Waals surface area contributed by atoms with Gasteiger partial charge in [0.05, 0.1) is 6.07 Å². The number of hydrogen-bond donors (Lipinski definition) is 0. The monoisotopic (exact) mass is 94.1 g/mol. The van der Waals surface area contributed by atoms with Crippen molar-refractivity contribution in [1.82, 2.24) is 0 Å². The van der Waals surface area contributed by atoms with Gasteiger partial charge in [-0.25, -0.2) is 0 Å². The molecular weight excluding hydrogens is 86.1 g/mol. The highest BCUT2D eigenvalue weighted by Crippen LogP contribution is 2.02. The fraction of sp³-hybridized carbons (Fsp3) is 0.500. The third kappa shape index (κ3) is 2.22. The summed E-state index contributed by atoms with van der Waals surface area (Å²) >= 11 is 0. The second-order valence-corrected chi connectivity index (χ2v) is 1.35. The molecule has 0 aromatic rings. The van der Waals surface area contributed by atoms with Gasteiger partial charge in [0, 0.05) is 5.92 Å². The first kappa shape index (κ1) is 6.49. The maximum Gasteiger partial charge on any atom is 0.0655 e. The molecule has 0 spiro atoms. The lowest BCUT2D eigenvalue weighted by atomic mass is 10.1. The van der Waals surface area contributed by atoms with Crippen LogP contribution in [0.5, 0.6) is 0 Å². The number of rotatable bonds is 2. The van der Waals surface area contributed by atoms with E-state index in [9.17, 15) is 0 Å². The van der Waals surface area contributed by atoms with Crippen LogP contribution in [0.25, 0.3) is 0 Å². The average molecular weight is 94.1 g/mol. The Morgan fingerprint density at radius 3 is 2.43 bits per heavy atom. The molecule has 0 amide bonds. The molecule has 0 rings (SSSR count). The molecule has 0 N–H and O–H groups in total. The molecule has 0 aliphatic rings.